The summed E-state index contributed by atoms with van der Waals surface area (Å²) in [5.74, 6) is -1.36. The van der Waals surface area contributed by atoms with Gasteiger partial charge >= 0.3 is 5.97 Å². The number of aromatic amines is 1. The van der Waals surface area contributed by atoms with Crippen LogP contribution in [0, 0.1) is 20.8 Å². The number of nitrogens with zero attached hydrogens (tertiary/aromatic N) is 2. The maximum atomic E-state index is 13.2. The maximum Gasteiger partial charge on any atom is 0.354 e. The zero-order valence-corrected chi connectivity index (χ0v) is 20.7. The monoisotopic (exact) mass is 471 g/mol. The SMILES string of the molecule is CCN(CC)CCCN1C(=O)C(=O)/C(=C(/O)c2c(C)[nH]c(C(=O)OC)c2C)[C@H]1c1ccc(C)o1. The van der Waals surface area contributed by atoms with Gasteiger partial charge in [-0.2, -0.15) is 0 Å². The van der Waals surface area contributed by atoms with E-state index in [1.54, 1.807) is 32.9 Å². The van der Waals surface area contributed by atoms with Crippen molar-refractivity contribution in [2.24, 2.45) is 0 Å². The van der Waals surface area contributed by atoms with Crippen molar-refractivity contribution < 1.29 is 28.6 Å². The smallest absolute Gasteiger partial charge is 0.354 e. The molecule has 1 fully saturated rings. The third kappa shape index (κ3) is 4.52. The molecule has 2 N–H and O–H groups in total. The van der Waals surface area contributed by atoms with Crippen molar-refractivity contribution in [1.82, 2.24) is 14.8 Å². The van der Waals surface area contributed by atoms with Crippen molar-refractivity contribution in [3.63, 3.8) is 0 Å². The van der Waals surface area contributed by atoms with Gasteiger partial charge in [-0.1, -0.05) is 13.8 Å². The largest absolute Gasteiger partial charge is 0.507 e. The molecular weight excluding hydrogens is 438 g/mol. The van der Waals surface area contributed by atoms with Crippen LogP contribution in [0.25, 0.3) is 5.76 Å². The van der Waals surface area contributed by atoms with Crippen molar-refractivity contribution in [3.8, 4) is 0 Å². The number of nitrogens with one attached hydrogen (secondary N) is 1. The van der Waals surface area contributed by atoms with Crippen LogP contribution in [0.5, 0.6) is 0 Å². The Morgan fingerprint density at radius 1 is 1.21 bits per heavy atom. The quantitative estimate of drug-likeness (QED) is 0.249. The molecular formula is C25H33N3O6. The number of carbonyl (C=O) groups excluding carboxylic acids is 3. The normalized spacial score (nSPS) is 17.7. The topological polar surface area (TPSA) is 116 Å². The Kier molecular flexibility index (Phi) is 7.66. The predicted octanol–water partition coefficient (Wildman–Crippen LogP) is 3.47. The van der Waals surface area contributed by atoms with E-state index in [0.29, 0.717) is 41.3 Å². The fraction of sp³-hybridized carbons (Fsp3) is 0.480. The molecule has 2 aromatic rings. The summed E-state index contributed by atoms with van der Waals surface area (Å²) >= 11 is 0. The standard InChI is InChI=1S/C25H33N3O6/c1-7-27(8-2)12-9-13-28-21(17-11-10-14(3)34-17)19(23(30)24(28)31)22(29)18-15(4)20(25(32)33-6)26-16(18)5/h10-11,21,26,29H,7-9,12-13H2,1-6H3/b22-19+/t21-/m1/s1. The summed E-state index contributed by atoms with van der Waals surface area (Å²) < 4.78 is 10.6. The third-order valence-corrected chi connectivity index (χ3v) is 6.40. The molecule has 3 rings (SSSR count). The minimum atomic E-state index is -0.860. The molecule has 1 aliphatic rings. The van der Waals surface area contributed by atoms with Gasteiger partial charge in [0.2, 0.25) is 0 Å². The minimum Gasteiger partial charge on any atom is -0.507 e. The Hall–Kier alpha value is -3.33. The van der Waals surface area contributed by atoms with Crippen molar-refractivity contribution in [2.75, 3.05) is 33.3 Å². The number of furan rings is 1. The molecule has 34 heavy (non-hydrogen) atoms. The lowest BCUT2D eigenvalue weighted by molar-refractivity contribution is -0.140. The molecule has 0 aromatic carbocycles. The number of aryl methyl sites for hydroxylation is 2. The first-order valence-electron chi connectivity index (χ1n) is 11.5. The summed E-state index contributed by atoms with van der Waals surface area (Å²) in [6.07, 6.45) is 0.666. The molecule has 0 unspecified atom stereocenters. The highest BCUT2D eigenvalue weighted by Gasteiger charge is 2.47. The second-order valence-corrected chi connectivity index (χ2v) is 8.44. The Labute approximate surface area is 199 Å². The first kappa shape index (κ1) is 25.3. The van der Waals surface area contributed by atoms with E-state index in [9.17, 15) is 19.5 Å². The summed E-state index contributed by atoms with van der Waals surface area (Å²) in [7, 11) is 1.26. The van der Waals surface area contributed by atoms with Crippen LogP contribution in [0.4, 0.5) is 0 Å². The highest BCUT2D eigenvalue weighted by molar-refractivity contribution is 6.46. The number of likely N-dealkylation sites (tertiary alicyclic amines) is 1. The first-order valence-corrected chi connectivity index (χ1v) is 11.5. The van der Waals surface area contributed by atoms with Crippen LogP contribution in [0.2, 0.25) is 0 Å². The van der Waals surface area contributed by atoms with E-state index in [0.717, 1.165) is 19.6 Å². The maximum absolute atomic E-state index is 13.2. The van der Waals surface area contributed by atoms with Crippen LogP contribution in [0.3, 0.4) is 0 Å². The van der Waals surface area contributed by atoms with Crippen molar-refractivity contribution in [3.05, 3.63) is 51.7 Å². The van der Waals surface area contributed by atoms with Gasteiger partial charge < -0.3 is 29.0 Å². The van der Waals surface area contributed by atoms with Gasteiger partial charge in [0.05, 0.1) is 12.7 Å². The third-order valence-electron chi connectivity index (χ3n) is 6.40. The molecule has 0 spiro atoms. The number of rotatable bonds is 9. The molecule has 2 aromatic heterocycles. The van der Waals surface area contributed by atoms with Gasteiger partial charge in [0.1, 0.15) is 29.0 Å². The molecule has 3 heterocycles. The van der Waals surface area contributed by atoms with Crippen LogP contribution in [0.1, 0.15) is 65.1 Å². The van der Waals surface area contributed by atoms with Crippen LogP contribution in [0.15, 0.2) is 22.1 Å². The molecule has 1 amide bonds. The molecule has 1 aliphatic heterocycles. The van der Waals surface area contributed by atoms with Gasteiger partial charge in [0.15, 0.2) is 0 Å². The first-order chi connectivity index (χ1) is 16.2. The van der Waals surface area contributed by atoms with E-state index < -0.39 is 23.7 Å². The van der Waals surface area contributed by atoms with Crippen molar-refractivity contribution in [2.45, 2.75) is 47.1 Å². The van der Waals surface area contributed by atoms with Crippen LogP contribution >= 0.6 is 0 Å². The number of ketones is 1. The molecule has 1 atom stereocenters. The molecule has 9 heteroatoms. The zero-order valence-electron chi connectivity index (χ0n) is 20.7. The number of hydrogen-bond acceptors (Lipinski definition) is 7. The number of amides is 1. The molecule has 1 saturated heterocycles. The van der Waals surface area contributed by atoms with Crippen molar-refractivity contribution >= 4 is 23.4 Å². The highest BCUT2D eigenvalue weighted by atomic mass is 16.5. The number of aromatic nitrogens is 1. The number of aliphatic hydroxyl groups is 1. The molecule has 184 valence electrons. The lowest BCUT2D eigenvalue weighted by Crippen LogP contribution is -2.33. The predicted molar refractivity (Wildman–Crippen MR) is 126 cm³/mol. The van der Waals surface area contributed by atoms with Crippen LogP contribution in [-0.4, -0.2) is 70.8 Å². The Morgan fingerprint density at radius 3 is 2.44 bits per heavy atom. The Morgan fingerprint density at radius 2 is 1.88 bits per heavy atom. The van der Waals surface area contributed by atoms with E-state index in [2.05, 4.69) is 23.7 Å². The number of esters is 1. The van der Waals surface area contributed by atoms with Crippen LogP contribution < -0.4 is 0 Å². The van der Waals surface area contributed by atoms with Gasteiger partial charge in [-0.05, 0) is 64.5 Å². The van der Waals surface area contributed by atoms with E-state index in [-0.39, 0.29) is 17.0 Å². The van der Waals surface area contributed by atoms with E-state index >= 15 is 0 Å². The van der Waals surface area contributed by atoms with Crippen LogP contribution in [-0.2, 0) is 14.3 Å². The molecule has 0 bridgehead atoms. The minimum absolute atomic E-state index is 0.0520. The second kappa shape index (κ2) is 10.3. The lowest BCUT2D eigenvalue weighted by Gasteiger charge is -2.25. The second-order valence-electron chi connectivity index (χ2n) is 8.44. The van der Waals surface area contributed by atoms with Gasteiger partial charge in [-0.3, -0.25) is 9.59 Å². The summed E-state index contributed by atoms with van der Waals surface area (Å²) in [5, 5.41) is 11.3. The highest BCUT2D eigenvalue weighted by Crippen LogP contribution is 2.41. The number of Topliss-reactive ketones (excluding diaryl/α,β-unsaturated/α-hetero) is 1. The van der Waals surface area contributed by atoms with E-state index in [1.165, 1.54) is 12.0 Å². The number of ether oxygens (including phenoxy) is 1. The number of H-pyrrole nitrogens is 1. The summed E-state index contributed by atoms with van der Waals surface area (Å²) in [6, 6.07) is 2.61. The molecule has 9 nitrogen and oxygen atoms in total. The average Bonchev–Trinajstić information content (AvgIpc) is 3.45. The average molecular weight is 472 g/mol. The number of hydrogen-bond donors (Lipinski definition) is 2. The van der Waals surface area contributed by atoms with Crippen molar-refractivity contribution in [1.29, 1.82) is 0 Å². The zero-order chi connectivity index (χ0) is 25.2. The summed E-state index contributed by atoms with van der Waals surface area (Å²) in [4.78, 5) is 45.0. The molecule has 0 radical (unpaired) electrons. The van der Waals surface area contributed by atoms with Gasteiger partial charge in [0, 0.05) is 17.8 Å². The van der Waals surface area contributed by atoms with E-state index in [1.807, 2.05) is 0 Å². The van der Waals surface area contributed by atoms with Gasteiger partial charge in [-0.15, -0.1) is 0 Å². The number of methoxy groups -OCH3 is 1. The van der Waals surface area contributed by atoms with E-state index in [4.69, 9.17) is 9.15 Å². The fourth-order valence-corrected chi connectivity index (χ4v) is 4.56. The number of carbonyl (C=O) groups is 3. The fourth-order valence-electron chi connectivity index (χ4n) is 4.56. The summed E-state index contributed by atoms with van der Waals surface area (Å²) in [6.45, 7) is 12.2. The Bertz CT molecular complexity index is 1120. The summed E-state index contributed by atoms with van der Waals surface area (Å²) in [5.41, 5.74) is 1.35. The van der Waals surface area contributed by atoms with Gasteiger partial charge in [0.25, 0.3) is 11.7 Å². The molecule has 0 aliphatic carbocycles. The van der Waals surface area contributed by atoms with Gasteiger partial charge in [-0.25, -0.2) is 4.79 Å². The number of aliphatic hydroxyl groups excluding tert-OH is 1. The molecule has 0 saturated carbocycles. The Balaban J connectivity index is 2.09. The lowest BCUT2D eigenvalue weighted by atomic mass is 9.97.